The van der Waals surface area contributed by atoms with Gasteiger partial charge < -0.3 is 4.57 Å². The second-order valence-corrected chi connectivity index (χ2v) is 8.98. The van der Waals surface area contributed by atoms with Crippen LogP contribution in [0.2, 0.25) is 10.0 Å². The molecular weight excluding hydrogens is 473 g/mol. The monoisotopic (exact) mass is 495 g/mol. The van der Waals surface area contributed by atoms with Crippen LogP contribution in [0.25, 0.3) is 6.08 Å². The maximum Gasteiger partial charge on any atom is 0.335 e. The van der Waals surface area contributed by atoms with Gasteiger partial charge in [0.1, 0.15) is 5.57 Å². The lowest BCUT2D eigenvalue weighted by Gasteiger charge is -2.26. The van der Waals surface area contributed by atoms with Crippen LogP contribution >= 0.6 is 23.2 Å². The molecule has 0 saturated carbocycles. The molecule has 1 aromatic heterocycles. The van der Waals surface area contributed by atoms with Gasteiger partial charge >= 0.3 is 6.03 Å². The van der Waals surface area contributed by atoms with Crippen LogP contribution in [0.4, 0.5) is 10.5 Å². The van der Waals surface area contributed by atoms with Crippen molar-refractivity contribution in [2.24, 2.45) is 0 Å². The van der Waals surface area contributed by atoms with Gasteiger partial charge in [0.2, 0.25) is 0 Å². The summed E-state index contributed by atoms with van der Waals surface area (Å²) < 4.78 is 1.87. The van der Waals surface area contributed by atoms with Gasteiger partial charge in [-0.05, 0) is 65.9 Å². The molecule has 4 rings (SSSR count). The third kappa shape index (κ3) is 4.79. The number of aromatic nitrogens is 1. The number of carbonyl (C=O) groups excluding carboxylic acids is 3. The SMILES string of the molecule is CC[C@@H](C)c1ccc(N2C(=O)NC(=O)/C(=C\c3cccn3Cc3ccc(Cl)c(Cl)c3)C2=O)cc1. The summed E-state index contributed by atoms with van der Waals surface area (Å²) in [6.45, 7) is 4.67. The third-order valence-electron chi connectivity index (χ3n) is 5.93. The number of benzene rings is 2. The van der Waals surface area contributed by atoms with E-state index in [1.165, 1.54) is 6.08 Å². The first-order valence-electron chi connectivity index (χ1n) is 10.9. The lowest BCUT2D eigenvalue weighted by Crippen LogP contribution is -2.54. The summed E-state index contributed by atoms with van der Waals surface area (Å²) in [6, 6.07) is 15.4. The van der Waals surface area contributed by atoms with Crippen LogP contribution in [0.15, 0.2) is 66.4 Å². The van der Waals surface area contributed by atoms with Gasteiger partial charge in [0, 0.05) is 18.4 Å². The van der Waals surface area contributed by atoms with Crippen LogP contribution in [-0.2, 0) is 16.1 Å². The van der Waals surface area contributed by atoms with E-state index in [1.54, 1.807) is 30.3 Å². The molecule has 1 fully saturated rings. The number of nitrogens with one attached hydrogen (secondary N) is 1. The van der Waals surface area contributed by atoms with E-state index in [-0.39, 0.29) is 5.57 Å². The van der Waals surface area contributed by atoms with Crippen molar-refractivity contribution in [2.75, 3.05) is 4.90 Å². The quantitative estimate of drug-likeness (QED) is 0.335. The van der Waals surface area contributed by atoms with Gasteiger partial charge in [0.25, 0.3) is 11.8 Å². The zero-order valence-electron chi connectivity index (χ0n) is 18.7. The fourth-order valence-corrected chi connectivity index (χ4v) is 4.09. The number of urea groups is 1. The highest BCUT2D eigenvalue weighted by molar-refractivity contribution is 6.42. The highest BCUT2D eigenvalue weighted by Crippen LogP contribution is 2.26. The molecule has 0 spiro atoms. The Hall–Kier alpha value is -3.35. The second kappa shape index (κ2) is 9.87. The third-order valence-corrected chi connectivity index (χ3v) is 6.67. The number of hydrogen-bond donors (Lipinski definition) is 1. The summed E-state index contributed by atoms with van der Waals surface area (Å²) in [7, 11) is 0. The highest BCUT2D eigenvalue weighted by Gasteiger charge is 2.37. The van der Waals surface area contributed by atoms with E-state index < -0.39 is 17.8 Å². The first kappa shape index (κ1) is 23.8. The van der Waals surface area contributed by atoms with Crippen LogP contribution in [0.3, 0.4) is 0 Å². The Morgan fingerprint density at radius 3 is 2.41 bits per heavy atom. The molecule has 0 unspecified atom stereocenters. The minimum absolute atomic E-state index is 0.125. The predicted octanol–water partition coefficient (Wildman–Crippen LogP) is 6.02. The molecule has 1 atom stereocenters. The van der Waals surface area contributed by atoms with Gasteiger partial charge in [-0.3, -0.25) is 14.9 Å². The normalized spacial score (nSPS) is 16.2. The second-order valence-electron chi connectivity index (χ2n) is 8.17. The smallest absolute Gasteiger partial charge is 0.335 e. The number of barbiturate groups is 1. The van der Waals surface area contributed by atoms with E-state index in [1.807, 2.05) is 35.0 Å². The molecule has 4 amide bonds. The van der Waals surface area contributed by atoms with E-state index in [9.17, 15) is 14.4 Å². The molecule has 0 aliphatic carbocycles. The molecule has 1 aliphatic heterocycles. The lowest BCUT2D eigenvalue weighted by molar-refractivity contribution is -0.122. The van der Waals surface area contributed by atoms with Crippen LogP contribution in [0, 0.1) is 0 Å². The number of rotatable bonds is 6. The van der Waals surface area contributed by atoms with Crippen LogP contribution < -0.4 is 10.2 Å². The molecule has 2 aromatic carbocycles. The molecule has 1 saturated heterocycles. The highest BCUT2D eigenvalue weighted by atomic mass is 35.5. The van der Waals surface area contributed by atoms with Crippen molar-refractivity contribution in [3.8, 4) is 0 Å². The Balaban J connectivity index is 1.63. The van der Waals surface area contributed by atoms with E-state index in [2.05, 4.69) is 19.2 Å². The largest absolute Gasteiger partial charge is 0.344 e. The first-order chi connectivity index (χ1) is 16.3. The number of carbonyl (C=O) groups is 3. The number of nitrogens with zero attached hydrogens (tertiary/aromatic N) is 2. The average Bonchev–Trinajstić information content (AvgIpc) is 3.25. The van der Waals surface area contributed by atoms with Crippen molar-refractivity contribution >= 4 is 52.8 Å². The van der Waals surface area contributed by atoms with E-state index in [0.29, 0.717) is 33.9 Å². The predicted molar refractivity (Wildman–Crippen MR) is 134 cm³/mol. The Labute approximate surface area is 207 Å². The summed E-state index contributed by atoms with van der Waals surface area (Å²) >= 11 is 12.1. The Bertz CT molecular complexity index is 1290. The molecule has 1 aliphatic rings. The van der Waals surface area contributed by atoms with Crippen molar-refractivity contribution in [3.05, 3.63) is 93.2 Å². The fraction of sp³-hybridized carbons (Fsp3) is 0.192. The summed E-state index contributed by atoms with van der Waals surface area (Å²) in [5.41, 5.74) is 2.93. The zero-order valence-corrected chi connectivity index (χ0v) is 20.2. The molecule has 0 radical (unpaired) electrons. The van der Waals surface area contributed by atoms with E-state index in [0.717, 1.165) is 22.4 Å². The molecular formula is C26H23Cl2N3O3. The van der Waals surface area contributed by atoms with Gasteiger partial charge in [0.15, 0.2) is 0 Å². The van der Waals surface area contributed by atoms with Crippen LogP contribution in [-0.4, -0.2) is 22.4 Å². The first-order valence-corrected chi connectivity index (χ1v) is 11.6. The maximum absolute atomic E-state index is 13.2. The van der Waals surface area contributed by atoms with E-state index in [4.69, 9.17) is 23.2 Å². The Morgan fingerprint density at radius 1 is 1.00 bits per heavy atom. The van der Waals surface area contributed by atoms with Crippen molar-refractivity contribution in [2.45, 2.75) is 32.7 Å². The number of amides is 4. The van der Waals surface area contributed by atoms with Gasteiger partial charge in [-0.15, -0.1) is 0 Å². The maximum atomic E-state index is 13.2. The summed E-state index contributed by atoms with van der Waals surface area (Å²) in [6.07, 6.45) is 4.30. The van der Waals surface area contributed by atoms with Crippen molar-refractivity contribution in [1.29, 1.82) is 0 Å². The van der Waals surface area contributed by atoms with Crippen molar-refractivity contribution in [3.63, 3.8) is 0 Å². The van der Waals surface area contributed by atoms with Crippen LogP contribution in [0.1, 0.15) is 43.0 Å². The van der Waals surface area contributed by atoms with Gasteiger partial charge in [-0.25, -0.2) is 9.69 Å². The van der Waals surface area contributed by atoms with Gasteiger partial charge in [-0.2, -0.15) is 0 Å². The number of halogens is 2. The number of anilines is 1. The fourth-order valence-electron chi connectivity index (χ4n) is 3.76. The molecule has 6 nitrogen and oxygen atoms in total. The summed E-state index contributed by atoms with van der Waals surface area (Å²) in [4.78, 5) is 39.3. The van der Waals surface area contributed by atoms with Gasteiger partial charge in [-0.1, -0.05) is 55.2 Å². The molecule has 2 heterocycles. The van der Waals surface area contributed by atoms with Gasteiger partial charge in [0.05, 0.1) is 15.7 Å². The minimum Gasteiger partial charge on any atom is -0.344 e. The summed E-state index contributed by atoms with van der Waals surface area (Å²) in [5.74, 6) is -1.04. The lowest BCUT2D eigenvalue weighted by atomic mass is 9.98. The van der Waals surface area contributed by atoms with Crippen molar-refractivity contribution < 1.29 is 14.4 Å². The minimum atomic E-state index is -0.769. The van der Waals surface area contributed by atoms with Crippen LogP contribution in [0.5, 0.6) is 0 Å². The van der Waals surface area contributed by atoms with E-state index >= 15 is 0 Å². The zero-order chi connectivity index (χ0) is 24.4. The topological polar surface area (TPSA) is 71.4 Å². The molecule has 174 valence electrons. The molecule has 8 heteroatoms. The number of hydrogen-bond acceptors (Lipinski definition) is 3. The Morgan fingerprint density at radius 2 is 1.74 bits per heavy atom. The molecule has 1 N–H and O–H groups in total. The van der Waals surface area contributed by atoms with Crippen molar-refractivity contribution in [1.82, 2.24) is 9.88 Å². The standard InChI is InChI=1S/C26H23Cl2N3O3/c1-3-16(2)18-7-9-19(10-8-18)31-25(33)21(24(32)29-26(31)34)14-20-5-4-12-30(20)15-17-6-11-22(27)23(28)13-17/h4-14,16H,3,15H2,1-2H3,(H,29,32,34)/b21-14+/t16-/m1/s1. The molecule has 34 heavy (non-hydrogen) atoms. The summed E-state index contributed by atoms with van der Waals surface area (Å²) in [5, 5.41) is 3.18. The molecule has 3 aromatic rings. The number of imide groups is 2. The molecule has 0 bridgehead atoms. The average molecular weight is 496 g/mol. The Kier molecular flexibility index (Phi) is 6.91.